The highest BCUT2D eigenvalue weighted by atomic mass is 16.6. The molecule has 0 aliphatic carbocycles. The van der Waals surface area contributed by atoms with Crippen LogP contribution in [0.2, 0.25) is 0 Å². The van der Waals surface area contributed by atoms with Crippen LogP contribution in [0.4, 0.5) is 4.79 Å². The van der Waals surface area contributed by atoms with Gasteiger partial charge in [-0.05, 0) is 34.6 Å². The molecule has 2 amide bonds. The van der Waals surface area contributed by atoms with Gasteiger partial charge < -0.3 is 24.8 Å². The second-order valence-electron chi connectivity index (χ2n) is 6.61. The van der Waals surface area contributed by atoms with Gasteiger partial charge in [-0.2, -0.15) is 0 Å². The molecule has 9 heteroatoms. The van der Waals surface area contributed by atoms with Gasteiger partial charge in [-0.25, -0.2) is 9.59 Å². The van der Waals surface area contributed by atoms with E-state index in [0.717, 1.165) is 7.11 Å². The number of amides is 2. The molecule has 0 heterocycles. The van der Waals surface area contributed by atoms with Crippen molar-refractivity contribution >= 4 is 23.9 Å². The van der Waals surface area contributed by atoms with Crippen molar-refractivity contribution in [1.29, 1.82) is 0 Å². The number of methoxy groups -OCH3 is 2. The summed E-state index contributed by atoms with van der Waals surface area (Å²) < 4.78 is 14.2. The first-order valence-electron chi connectivity index (χ1n) is 8.03. The predicted octanol–water partition coefficient (Wildman–Crippen LogP) is 1.07. The van der Waals surface area contributed by atoms with E-state index < -0.39 is 41.6 Å². The summed E-state index contributed by atoms with van der Waals surface area (Å²) in [5.41, 5.74) is -0.394. The SMILES string of the molecule is COC(=O)CC(NC(=O)/C(C)=C/C(C)NC(=O)OC(C)(C)C)C(=O)OC. The molecule has 0 radical (unpaired) electrons. The van der Waals surface area contributed by atoms with Gasteiger partial charge in [0.2, 0.25) is 5.91 Å². The van der Waals surface area contributed by atoms with Crippen molar-refractivity contribution in [3.8, 4) is 0 Å². The van der Waals surface area contributed by atoms with E-state index in [9.17, 15) is 19.2 Å². The fourth-order valence-corrected chi connectivity index (χ4v) is 1.84. The molecule has 0 saturated carbocycles. The lowest BCUT2D eigenvalue weighted by Crippen LogP contribution is -2.43. The molecule has 2 atom stereocenters. The van der Waals surface area contributed by atoms with Crippen LogP contribution in [0.3, 0.4) is 0 Å². The fraction of sp³-hybridized carbons (Fsp3) is 0.647. The van der Waals surface area contributed by atoms with E-state index in [1.165, 1.54) is 20.1 Å². The van der Waals surface area contributed by atoms with E-state index in [1.807, 2.05) is 0 Å². The maximum Gasteiger partial charge on any atom is 0.408 e. The van der Waals surface area contributed by atoms with Crippen LogP contribution >= 0.6 is 0 Å². The Kier molecular flexibility index (Phi) is 9.39. The number of alkyl carbamates (subject to hydrolysis) is 1. The van der Waals surface area contributed by atoms with Crippen molar-refractivity contribution in [3.63, 3.8) is 0 Å². The van der Waals surface area contributed by atoms with Gasteiger partial charge in [-0.15, -0.1) is 0 Å². The summed E-state index contributed by atoms with van der Waals surface area (Å²) >= 11 is 0. The number of hydrogen-bond donors (Lipinski definition) is 2. The molecule has 9 nitrogen and oxygen atoms in total. The van der Waals surface area contributed by atoms with Crippen molar-refractivity contribution < 1.29 is 33.4 Å². The molecule has 2 N–H and O–H groups in total. The first-order chi connectivity index (χ1) is 11.9. The largest absolute Gasteiger partial charge is 0.469 e. The minimum absolute atomic E-state index is 0.243. The Morgan fingerprint density at radius 1 is 1.04 bits per heavy atom. The van der Waals surface area contributed by atoms with Crippen LogP contribution in [-0.2, 0) is 28.6 Å². The molecular formula is C17H28N2O7. The molecule has 0 rings (SSSR count). The average Bonchev–Trinajstić information content (AvgIpc) is 2.50. The summed E-state index contributed by atoms with van der Waals surface area (Å²) in [6.45, 7) is 8.38. The fourth-order valence-electron chi connectivity index (χ4n) is 1.84. The predicted molar refractivity (Wildman–Crippen MR) is 93.2 cm³/mol. The highest BCUT2D eigenvalue weighted by Gasteiger charge is 2.25. The number of nitrogens with one attached hydrogen (secondary N) is 2. The highest BCUT2D eigenvalue weighted by molar-refractivity contribution is 5.96. The molecule has 0 spiro atoms. The number of ether oxygens (including phenoxy) is 3. The van der Waals surface area contributed by atoms with Gasteiger partial charge in [0.05, 0.1) is 20.6 Å². The molecule has 0 aromatic rings. The Hall–Kier alpha value is -2.58. The van der Waals surface area contributed by atoms with Crippen LogP contribution in [-0.4, -0.2) is 55.8 Å². The number of rotatable bonds is 7. The van der Waals surface area contributed by atoms with E-state index in [1.54, 1.807) is 27.7 Å². The normalized spacial score (nSPS) is 13.9. The summed E-state index contributed by atoms with van der Waals surface area (Å²) in [5.74, 6) is -2.01. The maximum atomic E-state index is 12.2. The maximum absolute atomic E-state index is 12.2. The zero-order valence-electron chi connectivity index (χ0n) is 16.3. The number of esters is 2. The minimum atomic E-state index is -1.17. The van der Waals surface area contributed by atoms with Gasteiger partial charge in [-0.3, -0.25) is 9.59 Å². The summed E-state index contributed by atoms with van der Waals surface area (Å²) in [6.07, 6.45) is 0.521. The van der Waals surface area contributed by atoms with Gasteiger partial charge in [0.15, 0.2) is 0 Å². The van der Waals surface area contributed by atoms with Crippen molar-refractivity contribution in [3.05, 3.63) is 11.6 Å². The third-order valence-electron chi connectivity index (χ3n) is 2.99. The lowest BCUT2D eigenvalue weighted by atomic mass is 10.1. The van der Waals surface area contributed by atoms with Crippen molar-refractivity contribution in [2.75, 3.05) is 14.2 Å². The van der Waals surface area contributed by atoms with Gasteiger partial charge in [0, 0.05) is 11.6 Å². The summed E-state index contributed by atoms with van der Waals surface area (Å²) in [6, 6.07) is -1.66. The molecule has 26 heavy (non-hydrogen) atoms. The van der Waals surface area contributed by atoms with Crippen molar-refractivity contribution in [2.24, 2.45) is 0 Å². The van der Waals surface area contributed by atoms with Gasteiger partial charge in [0.1, 0.15) is 11.6 Å². The Balaban J connectivity index is 4.88. The smallest absolute Gasteiger partial charge is 0.408 e. The van der Waals surface area contributed by atoms with Crippen molar-refractivity contribution in [2.45, 2.75) is 58.7 Å². The Bertz CT molecular complexity index is 564. The van der Waals surface area contributed by atoms with Gasteiger partial charge >= 0.3 is 18.0 Å². The number of carbonyl (C=O) groups is 4. The van der Waals surface area contributed by atoms with E-state index >= 15 is 0 Å². The molecule has 0 aliphatic rings. The molecule has 0 saturated heterocycles. The van der Waals surface area contributed by atoms with Gasteiger partial charge in [0.25, 0.3) is 0 Å². The van der Waals surface area contributed by atoms with E-state index in [4.69, 9.17) is 4.74 Å². The van der Waals surface area contributed by atoms with Crippen LogP contribution in [0, 0.1) is 0 Å². The van der Waals surface area contributed by atoms with E-state index in [0.29, 0.717) is 0 Å². The molecule has 148 valence electrons. The first kappa shape index (κ1) is 23.4. The third kappa shape index (κ3) is 9.65. The van der Waals surface area contributed by atoms with Crippen LogP contribution in [0.1, 0.15) is 41.0 Å². The minimum Gasteiger partial charge on any atom is -0.469 e. The molecule has 0 aromatic heterocycles. The average molecular weight is 372 g/mol. The molecular weight excluding hydrogens is 344 g/mol. The third-order valence-corrected chi connectivity index (χ3v) is 2.99. The Morgan fingerprint density at radius 3 is 2.08 bits per heavy atom. The lowest BCUT2D eigenvalue weighted by molar-refractivity contribution is -0.150. The molecule has 0 aliphatic heterocycles. The molecule has 2 unspecified atom stereocenters. The highest BCUT2D eigenvalue weighted by Crippen LogP contribution is 2.07. The molecule has 0 bridgehead atoms. The number of hydrogen-bond acceptors (Lipinski definition) is 7. The van der Waals surface area contributed by atoms with Crippen LogP contribution in [0.5, 0.6) is 0 Å². The van der Waals surface area contributed by atoms with Gasteiger partial charge in [-0.1, -0.05) is 6.08 Å². The Labute approximate surface area is 153 Å². The summed E-state index contributed by atoms with van der Waals surface area (Å²) in [7, 11) is 2.32. The molecule has 0 fully saturated rings. The quantitative estimate of drug-likeness (QED) is 0.389. The van der Waals surface area contributed by atoms with Crippen LogP contribution in [0.15, 0.2) is 11.6 Å². The first-order valence-corrected chi connectivity index (χ1v) is 8.03. The van der Waals surface area contributed by atoms with E-state index in [2.05, 4.69) is 20.1 Å². The topological polar surface area (TPSA) is 120 Å². The second-order valence-corrected chi connectivity index (χ2v) is 6.61. The lowest BCUT2D eigenvalue weighted by Gasteiger charge is -2.21. The second kappa shape index (κ2) is 10.4. The van der Waals surface area contributed by atoms with Crippen LogP contribution in [0.25, 0.3) is 0 Å². The van der Waals surface area contributed by atoms with E-state index in [-0.39, 0.29) is 12.0 Å². The van der Waals surface area contributed by atoms with Crippen molar-refractivity contribution in [1.82, 2.24) is 10.6 Å². The Morgan fingerprint density at radius 2 is 1.62 bits per heavy atom. The number of carbonyl (C=O) groups excluding carboxylic acids is 4. The molecule has 0 aromatic carbocycles. The van der Waals surface area contributed by atoms with Crippen LogP contribution < -0.4 is 10.6 Å². The summed E-state index contributed by atoms with van der Waals surface area (Å²) in [5, 5.41) is 4.97. The standard InChI is InChI=1S/C17H28N2O7/c1-10(8-11(2)18-16(23)26-17(3,4)5)14(21)19-12(15(22)25-7)9-13(20)24-6/h8,11-12H,9H2,1-7H3,(H,18,23)(H,19,21)/b10-8+. The zero-order valence-corrected chi connectivity index (χ0v) is 16.3. The monoisotopic (exact) mass is 372 g/mol. The zero-order chi connectivity index (χ0) is 20.5. The summed E-state index contributed by atoms with van der Waals surface area (Å²) in [4.78, 5) is 46.9.